The van der Waals surface area contributed by atoms with Crippen molar-refractivity contribution < 1.29 is 9.15 Å². The van der Waals surface area contributed by atoms with Gasteiger partial charge < -0.3 is 9.15 Å². The standard InChI is InChI=1S/C20H14BrNO2/c21-16-8-11-18-19(12-16)24-20(22-18)15-6-9-17(10-7-15)23-13-14-4-2-1-3-5-14/h1-12H,13H2. The Morgan fingerprint density at radius 2 is 1.71 bits per heavy atom. The van der Waals surface area contributed by atoms with Crippen LogP contribution in [0.4, 0.5) is 0 Å². The van der Waals surface area contributed by atoms with Gasteiger partial charge in [-0.3, -0.25) is 0 Å². The molecule has 1 aromatic heterocycles. The van der Waals surface area contributed by atoms with E-state index in [-0.39, 0.29) is 0 Å². The van der Waals surface area contributed by atoms with E-state index < -0.39 is 0 Å². The van der Waals surface area contributed by atoms with Gasteiger partial charge in [-0.25, -0.2) is 4.98 Å². The number of oxazole rings is 1. The van der Waals surface area contributed by atoms with Crippen molar-refractivity contribution in [3.8, 4) is 17.2 Å². The van der Waals surface area contributed by atoms with Gasteiger partial charge in [-0.2, -0.15) is 0 Å². The lowest BCUT2D eigenvalue weighted by Gasteiger charge is -2.06. The van der Waals surface area contributed by atoms with Gasteiger partial charge in [0, 0.05) is 10.0 Å². The second-order valence-electron chi connectivity index (χ2n) is 5.43. The third-order valence-corrected chi connectivity index (χ3v) is 4.19. The Morgan fingerprint density at radius 3 is 2.50 bits per heavy atom. The van der Waals surface area contributed by atoms with Crippen molar-refractivity contribution in [2.24, 2.45) is 0 Å². The molecule has 0 spiro atoms. The van der Waals surface area contributed by atoms with Crippen LogP contribution in [-0.2, 0) is 6.61 Å². The van der Waals surface area contributed by atoms with E-state index in [0.717, 1.165) is 32.4 Å². The largest absolute Gasteiger partial charge is 0.489 e. The summed E-state index contributed by atoms with van der Waals surface area (Å²) < 4.78 is 12.6. The Kier molecular flexibility index (Phi) is 4.05. The van der Waals surface area contributed by atoms with Crippen LogP contribution >= 0.6 is 15.9 Å². The fourth-order valence-corrected chi connectivity index (χ4v) is 2.80. The molecule has 0 aliphatic carbocycles. The van der Waals surface area contributed by atoms with E-state index in [0.29, 0.717) is 12.5 Å². The molecule has 4 aromatic rings. The zero-order valence-electron chi connectivity index (χ0n) is 12.8. The number of nitrogens with zero attached hydrogens (tertiary/aromatic N) is 1. The van der Waals surface area contributed by atoms with Gasteiger partial charge in [0.25, 0.3) is 0 Å². The molecule has 0 saturated heterocycles. The molecule has 0 aliphatic heterocycles. The minimum absolute atomic E-state index is 0.553. The number of aromatic nitrogens is 1. The molecule has 0 saturated carbocycles. The molecule has 4 heteroatoms. The second kappa shape index (κ2) is 6.49. The summed E-state index contributed by atoms with van der Waals surface area (Å²) in [6, 6.07) is 23.7. The lowest BCUT2D eigenvalue weighted by molar-refractivity contribution is 0.306. The van der Waals surface area contributed by atoms with Crippen LogP contribution in [0.25, 0.3) is 22.6 Å². The van der Waals surface area contributed by atoms with Crippen molar-refractivity contribution in [3.05, 3.63) is 82.8 Å². The highest BCUT2D eigenvalue weighted by Gasteiger charge is 2.08. The SMILES string of the molecule is Brc1ccc2nc(-c3ccc(OCc4ccccc4)cc3)oc2c1. The molecular formula is C20H14BrNO2. The predicted molar refractivity (Wildman–Crippen MR) is 97.9 cm³/mol. The molecule has 3 aromatic carbocycles. The van der Waals surface area contributed by atoms with E-state index >= 15 is 0 Å². The molecule has 0 amide bonds. The lowest BCUT2D eigenvalue weighted by Crippen LogP contribution is -1.94. The third-order valence-electron chi connectivity index (χ3n) is 3.70. The number of hydrogen-bond donors (Lipinski definition) is 0. The molecule has 0 aliphatic rings. The zero-order valence-corrected chi connectivity index (χ0v) is 14.4. The summed E-state index contributed by atoms with van der Waals surface area (Å²) >= 11 is 3.44. The smallest absolute Gasteiger partial charge is 0.227 e. The first kappa shape index (κ1) is 15.0. The molecule has 0 N–H and O–H groups in total. The number of halogens is 1. The van der Waals surface area contributed by atoms with Crippen molar-refractivity contribution >= 4 is 27.0 Å². The van der Waals surface area contributed by atoms with Crippen molar-refractivity contribution in [2.75, 3.05) is 0 Å². The first-order chi connectivity index (χ1) is 11.8. The highest BCUT2D eigenvalue weighted by atomic mass is 79.9. The maximum atomic E-state index is 5.82. The van der Waals surface area contributed by atoms with Gasteiger partial charge in [0.2, 0.25) is 5.89 Å². The summed E-state index contributed by atoms with van der Waals surface area (Å²) in [5, 5.41) is 0. The number of hydrogen-bond acceptors (Lipinski definition) is 3. The Bertz CT molecular complexity index is 962. The van der Waals surface area contributed by atoms with E-state index in [1.54, 1.807) is 0 Å². The van der Waals surface area contributed by atoms with E-state index in [1.807, 2.05) is 72.8 Å². The van der Waals surface area contributed by atoms with Gasteiger partial charge in [-0.1, -0.05) is 46.3 Å². The normalized spacial score (nSPS) is 10.9. The highest BCUT2D eigenvalue weighted by molar-refractivity contribution is 9.10. The molecule has 0 bridgehead atoms. The van der Waals surface area contributed by atoms with Crippen molar-refractivity contribution in [2.45, 2.75) is 6.61 Å². The Morgan fingerprint density at radius 1 is 0.917 bits per heavy atom. The molecule has 0 unspecified atom stereocenters. The molecule has 0 fully saturated rings. The van der Waals surface area contributed by atoms with Crippen LogP contribution in [0.15, 0.2) is 81.7 Å². The van der Waals surface area contributed by atoms with Crippen LogP contribution in [0.1, 0.15) is 5.56 Å². The number of benzene rings is 3. The second-order valence-corrected chi connectivity index (χ2v) is 6.35. The van der Waals surface area contributed by atoms with Gasteiger partial charge >= 0.3 is 0 Å². The molecule has 4 rings (SSSR count). The fourth-order valence-electron chi connectivity index (χ4n) is 2.46. The van der Waals surface area contributed by atoms with E-state index in [9.17, 15) is 0 Å². The predicted octanol–water partition coefficient (Wildman–Crippen LogP) is 5.84. The fraction of sp³-hybridized carbons (Fsp3) is 0.0500. The monoisotopic (exact) mass is 379 g/mol. The topological polar surface area (TPSA) is 35.3 Å². The van der Waals surface area contributed by atoms with E-state index in [1.165, 1.54) is 0 Å². The van der Waals surface area contributed by atoms with Crippen molar-refractivity contribution in [1.82, 2.24) is 4.98 Å². The first-order valence-corrected chi connectivity index (χ1v) is 8.40. The van der Waals surface area contributed by atoms with Gasteiger partial charge in [-0.15, -0.1) is 0 Å². The van der Waals surface area contributed by atoms with Crippen LogP contribution in [0.3, 0.4) is 0 Å². The Balaban J connectivity index is 1.52. The maximum Gasteiger partial charge on any atom is 0.227 e. The number of rotatable bonds is 4. The molecule has 0 radical (unpaired) electrons. The molecule has 118 valence electrons. The number of fused-ring (bicyclic) bond motifs is 1. The Hall–Kier alpha value is -2.59. The minimum atomic E-state index is 0.553. The van der Waals surface area contributed by atoms with Crippen LogP contribution < -0.4 is 4.74 Å². The maximum absolute atomic E-state index is 5.82. The van der Waals surface area contributed by atoms with E-state index in [2.05, 4.69) is 20.9 Å². The van der Waals surface area contributed by atoms with Gasteiger partial charge in [0.15, 0.2) is 5.58 Å². The first-order valence-electron chi connectivity index (χ1n) is 7.61. The summed E-state index contributed by atoms with van der Waals surface area (Å²) in [5.74, 6) is 1.43. The average molecular weight is 380 g/mol. The zero-order chi connectivity index (χ0) is 16.4. The summed E-state index contributed by atoms with van der Waals surface area (Å²) in [6.45, 7) is 0.553. The van der Waals surface area contributed by atoms with Gasteiger partial charge in [0.05, 0.1) is 0 Å². The van der Waals surface area contributed by atoms with E-state index in [4.69, 9.17) is 9.15 Å². The lowest BCUT2D eigenvalue weighted by atomic mass is 10.2. The molecule has 0 atom stereocenters. The van der Waals surface area contributed by atoms with Crippen molar-refractivity contribution in [1.29, 1.82) is 0 Å². The van der Waals surface area contributed by atoms with Crippen LogP contribution in [0.2, 0.25) is 0 Å². The van der Waals surface area contributed by atoms with Crippen molar-refractivity contribution in [3.63, 3.8) is 0 Å². The third kappa shape index (κ3) is 3.19. The number of ether oxygens (including phenoxy) is 1. The summed E-state index contributed by atoms with van der Waals surface area (Å²) in [7, 11) is 0. The molecule has 3 nitrogen and oxygen atoms in total. The summed E-state index contributed by atoms with van der Waals surface area (Å²) in [5.41, 5.74) is 3.68. The molecule has 1 heterocycles. The van der Waals surface area contributed by atoms with Crippen LogP contribution in [0.5, 0.6) is 5.75 Å². The van der Waals surface area contributed by atoms with Crippen LogP contribution in [-0.4, -0.2) is 4.98 Å². The Labute approximate surface area is 148 Å². The quantitative estimate of drug-likeness (QED) is 0.446. The summed E-state index contributed by atoms with van der Waals surface area (Å²) in [6.07, 6.45) is 0. The molecular weight excluding hydrogens is 366 g/mol. The minimum Gasteiger partial charge on any atom is -0.489 e. The average Bonchev–Trinajstić information content (AvgIpc) is 3.04. The molecule has 24 heavy (non-hydrogen) atoms. The summed E-state index contributed by atoms with van der Waals surface area (Å²) in [4.78, 5) is 4.52. The van der Waals surface area contributed by atoms with Gasteiger partial charge in [-0.05, 0) is 48.0 Å². The highest BCUT2D eigenvalue weighted by Crippen LogP contribution is 2.27. The van der Waals surface area contributed by atoms with Gasteiger partial charge in [0.1, 0.15) is 17.9 Å². The van der Waals surface area contributed by atoms with Crippen LogP contribution in [0, 0.1) is 0 Å².